The highest BCUT2D eigenvalue weighted by Crippen LogP contribution is 2.26. The van der Waals surface area contributed by atoms with Gasteiger partial charge in [-0.3, -0.25) is 4.79 Å². The Morgan fingerprint density at radius 2 is 1.95 bits per heavy atom. The molecule has 4 heteroatoms. The summed E-state index contributed by atoms with van der Waals surface area (Å²) in [4.78, 5) is 12.2. The number of hydrogen-bond donors (Lipinski definition) is 1. The highest BCUT2D eigenvalue weighted by molar-refractivity contribution is 6.05. The Kier molecular flexibility index (Phi) is 3.60. The maximum atomic E-state index is 12.2. The van der Waals surface area contributed by atoms with E-state index in [2.05, 4.69) is 5.32 Å². The third-order valence-electron chi connectivity index (χ3n) is 2.89. The average Bonchev–Trinajstić information content (AvgIpc) is 2.69. The Labute approximate surface area is 112 Å². The fourth-order valence-corrected chi connectivity index (χ4v) is 1.97. The first-order valence-electron chi connectivity index (χ1n) is 6.04. The molecule has 0 unspecified atom stereocenters. The van der Waals surface area contributed by atoms with Crippen LogP contribution in [0.5, 0.6) is 5.75 Å². The smallest absolute Gasteiger partial charge is 0.259 e. The molecule has 0 bridgehead atoms. The minimum absolute atomic E-state index is 0.196. The van der Waals surface area contributed by atoms with Crippen LogP contribution in [0.25, 0.3) is 0 Å². The van der Waals surface area contributed by atoms with Crippen LogP contribution in [0.3, 0.4) is 0 Å². The number of benzene rings is 1. The number of carbonyl (C=O) groups excluding carboxylic acids is 1. The van der Waals surface area contributed by atoms with Gasteiger partial charge in [-0.1, -0.05) is 6.07 Å². The van der Waals surface area contributed by atoms with Gasteiger partial charge in [-0.05, 0) is 44.5 Å². The van der Waals surface area contributed by atoms with Gasteiger partial charge in [-0.15, -0.1) is 0 Å². The fraction of sp³-hybridized carbons (Fsp3) is 0.267. The summed E-state index contributed by atoms with van der Waals surface area (Å²) < 4.78 is 10.6. The lowest BCUT2D eigenvalue weighted by Gasteiger charge is -2.10. The molecule has 0 aliphatic heterocycles. The molecule has 0 atom stereocenters. The van der Waals surface area contributed by atoms with E-state index in [1.165, 1.54) is 0 Å². The van der Waals surface area contributed by atoms with E-state index in [0.717, 1.165) is 11.3 Å². The molecule has 100 valence electrons. The molecular formula is C15H17NO3. The molecule has 0 aliphatic rings. The van der Waals surface area contributed by atoms with Crippen molar-refractivity contribution in [2.75, 3.05) is 12.4 Å². The molecule has 19 heavy (non-hydrogen) atoms. The third kappa shape index (κ3) is 2.78. The van der Waals surface area contributed by atoms with E-state index in [1.54, 1.807) is 20.1 Å². The van der Waals surface area contributed by atoms with E-state index in [4.69, 9.17) is 9.15 Å². The van der Waals surface area contributed by atoms with Gasteiger partial charge in [0.1, 0.15) is 17.3 Å². The summed E-state index contributed by atoms with van der Waals surface area (Å²) in [6.45, 7) is 5.55. The first-order chi connectivity index (χ1) is 9.01. The Bertz CT molecular complexity index is 614. The molecule has 2 rings (SSSR count). The lowest BCUT2D eigenvalue weighted by molar-refractivity contribution is 0.102. The van der Waals surface area contributed by atoms with Crippen molar-refractivity contribution in [2.45, 2.75) is 20.8 Å². The molecule has 0 saturated heterocycles. The molecule has 4 nitrogen and oxygen atoms in total. The van der Waals surface area contributed by atoms with Crippen molar-refractivity contribution < 1.29 is 13.9 Å². The first kappa shape index (κ1) is 13.2. The monoisotopic (exact) mass is 259 g/mol. The summed E-state index contributed by atoms with van der Waals surface area (Å²) in [6, 6.07) is 7.37. The van der Waals surface area contributed by atoms with Crippen molar-refractivity contribution in [3.8, 4) is 5.75 Å². The van der Waals surface area contributed by atoms with Gasteiger partial charge in [0.2, 0.25) is 0 Å². The Hall–Kier alpha value is -2.23. The predicted octanol–water partition coefficient (Wildman–Crippen LogP) is 3.47. The van der Waals surface area contributed by atoms with Crippen molar-refractivity contribution in [1.82, 2.24) is 0 Å². The van der Waals surface area contributed by atoms with Gasteiger partial charge in [-0.2, -0.15) is 0 Å². The maximum Gasteiger partial charge on any atom is 0.259 e. The van der Waals surface area contributed by atoms with Crippen molar-refractivity contribution in [3.63, 3.8) is 0 Å². The van der Waals surface area contributed by atoms with Crippen LogP contribution in [-0.2, 0) is 0 Å². The van der Waals surface area contributed by atoms with Gasteiger partial charge in [0.05, 0.1) is 18.4 Å². The van der Waals surface area contributed by atoms with Crippen LogP contribution in [0.15, 0.2) is 28.7 Å². The molecule has 1 aromatic carbocycles. The zero-order valence-corrected chi connectivity index (χ0v) is 11.5. The minimum atomic E-state index is -0.196. The van der Waals surface area contributed by atoms with Gasteiger partial charge in [-0.25, -0.2) is 0 Å². The second-order valence-corrected chi connectivity index (χ2v) is 4.48. The number of hydrogen-bond acceptors (Lipinski definition) is 3. The number of anilines is 1. The highest BCUT2D eigenvalue weighted by Gasteiger charge is 2.15. The van der Waals surface area contributed by atoms with Gasteiger partial charge in [0, 0.05) is 0 Å². The average molecular weight is 259 g/mol. The van der Waals surface area contributed by atoms with Crippen LogP contribution in [0.4, 0.5) is 5.69 Å². The summed E-state index contributed by atoms with van der Waals surface area (Å²) in [5, 5.41) is 2.85. The van der Waals surface area contributed by atoms with E-state index in [9.17, 15) is 4.79 Å². The number of aryl methyl sites for hydroxylation is 3. The topological polar surface area (TPSA) is 51.5 Å². The molecule has 1 heterocycles. The molecule has 0 spiro atoms. The van der Waals surface area contributed by atoms with E-state index in [0.29, 0.717) is 22.8 Å². The van der Waals surface area contributed by atoms with Gasteiger partial charge in [0.25, 0.3) is 5.91 Å². The molecule has 0 saturated carbocycles. The number of ether oxygens (including phenoxy) is 1. The fourth-order valence-electron chi connectivity index (χ4n) is 1.97. The molecule has 1 aromatic heterocycles. The molecule has 0 radical (unpaired) electrons. The minimum Gasteiger partial charge on any atom is -0.495 e. The third-order valence-corrected chi connectivity index (χ3v) is 2.89. The van der Waals surface area contributed by atoms with Gasteiger partial charge < -0.3 is 14.5 Å². The number of carbonyl (C=O) groups is 1. The van der Waals surface area contributed by atoms with Crippen LogP contribution in [0.1, 0.15) is 27.4 Å². The number of methoxy groups -OCH3 is 1. The maximum absolute atomic E-state index is 12.2. The SMILES string of the molecule is COc1ccc(C)cc1NC(=O)c1cc(C)oc1C. The number of amides is 1. The van der Waals surface area contributed by atoms with Crippen LogP contribution in [0, 0.1) is 20.8 Å². The van der Waals surface area contributed by atoms with E-state index in [-0.39, 0.29) is 5.91 Å². The first-order valence-corrected chi connectivity index (χ1v) is 6.04. The molecule has 1 amide bonds. The van der Waals surface area contributed by atoms with Crippen LogP contribution in [0.2, 0.25) is 0 Å². The summed E-state index contributed by atoms with van der Waals surface area (Å²) >= 11 is 0. The normalized spacial score (nSPS) is 10.3. The van der Waals surface area contributed by atoms with Crippen molar-refractivity contribution >= 4 is 11.6 Å². The number of nitrogens with one attached hydrogen (secondary N) is 1. The van der Waals surface area contributed by atoms with Crippen LogP contribution < -0.4 is 10.1 Å². The van der Waals surface area contributed by atoms with E-state index < -0.39 is 0 Å². The quantitative estimate of drug-likeness (QED) is 0.918. The number of furan rings is 1. The highest BCUT2D eigenvalue weighted by atomic mass is 16.5. The second-order valence-electron chi connectivity index (χ2n) is 4.48. The zero-order chi connectivity index (χ0) is 14.0. The van der Waals surface area contributed by atoms with Gasteiger partial charge in [0.15, 0.2) is 0 Å². The van der Waals surface area contributed by atoms with Gasteiger partial charge >= 0.3 is 0 Å². The molecule has 1 N–H and O–H groups in total. The zero-order valence-electron chi connectivity index (χ0n) is 11.5. The lowest BCUT2D eigenvalue weighted by Crippen LogP contribution is -2.13. The summed E-state index contributed by atoms with van der Waals surface area (Å²) in [5.74, 6) is 1.77. The Balaban J connectivity index is 2.28. The van der Waals surface area contributed by atoms with E-state index >= 15 is 0 Å². The van der Waals surface area contributed by atoms with E-state index in [1.807, 2.05) is 32.0 Å². The summed E-state index contributed by atoms with van der Waals surface area (Å²) in [5.41, 5.74) is 2.25. The Morgan fingerprint density at radius 3 is 2.53 bits per heavy atom. The molecule has 0 fully saturated rings. The lowest BCUT2D eigenvalue weighted by atomic mass is 10.2. The summed E-state index contributed by atoms with van der Waals surface area (Å²) in [6.07, 6.45) is 0. The standard InChI is InChI=1S/C15H17NO3/c1-9-5-6-14(18-4)13(7-9)16-15(17)12-8-10(2)19-11(12)3/h5-8H,1-4H3,(H,16,17). The second kappa shape index (κ2) is 5.18. The van der Waals surface area contributed by atoms with Crippen LogP contribution >= 0.6 is 0 Å². The largest absolute Gasteiger partial charge is 0.495 e. The van der Waals surface area contributed by atoms with Crippen molar-refractivity contribution in [1.29, 1.82) is 0 Å². The molecular weight excluding hydrogens is 242 g/mol. The predicted molar refractivity (Wildman–Crippen MR) is 73.9 cm³/mol. The number of rotatable bonds is 3. The molecule has 0 aliphatic carbocycles. The summed E-state index contributed by atoms with van der Waals surface area (Å²) in [7, 11) is 1.58. The Morgan fingerprint density at radius 1 is 1.21 bits per heavy atom. The van der Waals surface area contributed by atoms with Crippen molar-refractivity contribution in [3.05, 3.63) is 46.9 Å². The van der Waals surface area contributed by atoms with Crippen LogP contribution in [-0.4, -0.2) is 13.0 Å². The molecule has 2 aromatic rings. The van der Waals surface area contributed by atoms with Crippen molar-refractivity contribution in [2.24, 2.45) is 0 Å².